The van der Waals surface area contributed by atoms with Crippen LogP contribution in [0.5, 0.6) is 0 Å². The van der Waals surface area contributed by atoms with Crippen molar-refractivity contribution in [2.24, 2.45) is 0 Å². The van der Waals surface area contributed by atoms with Crippen molar-refractivity contribution in [2.75, 3.05) is 13.1 Å². The number of hydrogen-bond donors (Lipinski definition) is 2. The first-order valence-electron chi connectivity index (χ1n) is 7.79. The van der Waals surface area contributed by atoms with Crippen LogP contribution in [-0.2, 0) is 10.0 Å². The number of sulfonamides is 1. The molecule has 0 amide bonds. The van der Waals surface area contributed by atoms with E-state index >= 15 is 0 Å². The normalized spacial score (nSPS) is 14.9. The predicted molar refractivity (Wildman–Crippen MR) is 88.1 cm³/mol. The maximum absolute atomic E-state index is 12.5. The van der Waals surface area contributed by atoms with Gasteiger partial charge in [-0.05, 0) is 36.9 Å². The number of hydrogen-bond acceptors (Lipinski definition) is 3. The van der Waals surface area contributed by atoms with E-state index in [0.29, 0.717) is 11.4 Å². The molecule has 1 aromatic carbocycles. The number of rotatable bonds is 9. The van der Waals surface area contributed by atoms with Crippen molar-refractivity contribution in [3.05, 3.63) is 29.8 Å². The molecule has 1 rings (SSSR count). The lowest BCUT2D eigenvalue weighted by molar-refractivity contribution is 0.444. The Kier molecular flexibility index (Phi) is 7.35. The Morgan fingerprint density at radius 3 is 2.38 bits per heavy atom. The highest BCUT2D eigenvalue weighted by molar-refractivity contribution is 7.89. The first kappa shape index (κ1) is 18.1. The van der Waals surface area contributed by atoms with Crippen molar-refractivity contribution in [1.29, 1.82) is 0 Å². The van der Waals surface area contributed by atoms with Crippen LogP contribution in [0, 0.1) is 0 Å². The minimum absolute atomic E-state index is 0.143. The second kappa shape index (κ2) is 8.51. The van der Waals surface area contributed by atoms with Gasteiger partial charge in [0.1, 0.15) is 0 Å². The molecule has 2 unspecified atom stereocenters. The van der Waals surface area contributed by atoms with Crippen LogP contribution in [0.25, 0.3) is 0 Å². The smallest absolute Gasteiger partial charge is 0.240 e. The second-order valence-corrected chi connectivity index (χ2v) is 7.03. The van der Waals surface area contributed by atoms with Crippen molar-refractivity contribution in [3.8, 4) is 0 Å². The van der Waals surface area contributed by atoms with E-state index in [1.54, 1.807) is 12.1 Å². The number of nitrogens with one attached hydrogen (secondary N) is 2. The summed E-state index contributed by atoms with van der Waals surface area (Å²) in [6.45, 7) is 9.58. The van der Waals surface area contributed by atoms with Gasteiger partial charge in [-0.25, -0.2) is 13.1 Å². The highest BCUT2D eigenvalue weighted by atomic mass is 32.2. The molecule has 0 aromatic heterocycles. The second-order valence-electron chi connectivity index (χ2n) is 5.30. The van der Waals surface area contributed by atoms with E-state index in [-0.39, 0.29) is 12.0 Å². The lowest BCUT2D eigenvalue weighted by atomic mass is 9.91. The molecule has 4 nitrogen and oxygen atoms in total. The van der Waals surface area contributed by atoms with Gasteiger partial charge in [0.25, 0.3) is 0 Å². The van der Waals surface area contributed by atoms with E-state index < -0.39 is 10.0 Å². The van der Waals surface area contributed by atoms with Crippen LogP contribution in [-0.4, -0.2) is 27.5 Å². The zero-order valence-electron chi connectivity index (χ0n) is 13.5. The minimum atomic E-state index is -3.43. The summed E-state index contributed by atoms with van der Waals surface area (Å²) in [7, 11) is -3.43. The fraction of sp³-hybridized carbons (Fsp3) is 0.625. The zero-order valence-corrected chi connectivity index (χ0v) is 14.3. The Morgan fingerprint density at radius 2 is 1.81 bits per heavy atom. The highest BCUT2D eigenvalue weighted by Crippen LogP contribution is 2.27. The zero-order chi connectivity index (χ0) is 15.9. The topological polar surface area (TPSA) is 58.2 Å². The number of benzene rings is 1. The third kappa shape index (κ3) is 4.80. The third-order valence-corrected chi connectivity index (χ3v) is 5.29. The monoisotopic (exact) mass is 312 g/mol. The van der Waals surface area contributed by atoms with Crippen LogP contribution in [0.1, 0.15) is 52.0 Å². The average molecular weight is 312 g/mol. The molecule has 0 fully saturated rings. The fourth-order valence-electron chi connectivity index (χ4n) is 2.57. The van der Waals surface area contributed by atoms with E-state index in [0.717, 1.165) is 24.9 Å². The first-order chi connectivity index (χ1) is 9.97. The molecule has 0 bridgehead atoms. The Bertz CT molecular complexity index is 529. The third-order valence-electron chi connectivity index (χ3n) is 3.75. The van der Waals surface area contributed by atoms with E-state index in [9.17, 15) is 8.42 Å². The number of likely N-dealkylation sites (N-methyl/N-ethyl adjacent to an activating group) is 1. The minimum Gasteiger partial charge on any atom is -0.314 e. The Morgan fingerprint density at radius 1 is 1.14 bits per heavy atom. The fourth-order valence-corrected chi connectivity index (χ4v) is 4.02. The highest BCUT2D eigenvalue weighted by Gasteiger charge is 2.24. The molecule has 0 spiro atoms. The van der Waals surface area contributed by atoms with E-state index in [1.165, 1.54) is 0 Å². The van der Waals surface area contributed by atoms with Crippen molar-refractivity contribution < 1.29 is 8.42 Å². The van der Waals surface area contributed by atoms with E-state index in [2.05, 4.69) is 30.8 Å². The molecule has 0 saturated heterocycles. The van der Waals surface area contributed by atoms with Crippen molar-refractivity contribution in [1.82, 2.24) is 10.0 Å². The SMILES string of the molecule is CCCNS(=O)(=O)c1ccccc1C(C)C(CC)NCC. The molecular formula is C16H28N2O2S. The molecule has 2 atom stereocenters. The summed E-state index contributed by atoms with van der Waals surface area (Å²) in [5.41, 5.74) is 0.883. The largest absolute Gasteiger partial charge is 0.314 e. The van der Waals surface area contributed by atoms with E-state index in [4.69, 9.17) is 0 Å². The van der Waals surface area contributed by atoms with Gasteiger partial charge in [0.15, 0.2) is 0 Å². The lowest BCUT2D eigenvalue weighted by Gasteiger charge is -2.25. The summed E-state index contributed by atoms with van der Waals surface area (Å²) >= 11 is 0. The Balaban J connectivity index is 3.14. The molecule has 0 aliphatic rings. The van der Waals surface area contributed by atoms with Gasteiger partial charge in [-0.1, -0.05) is 45.9 Å². The maximum Gasteiger partial charge on any atom is 0.240 e. The molecule has 0 radical (unpaired) electrons. The summed E-state index contributed by atoms with van der Waals surface area (Å²) in [5.74, 6) is 0.143. The van der Waals surface area contributed by atoms with Crippen molar-refractivity contribution >= 4 is 10.0 Å². The molecule has 0 aliphatic carbocycles. The predicted octanol–water partition coefficient (Wildman–Crippen LogP) is 2.87. The van der Waals surface area contributed by atoms with Gasteiger partial charge in [0, 0.05) is 12.6 Å². The summed E-state index contributed by atoms with van der Waals surface area (Å²) in [4.78, 5) is 0.405. The molecule has 0 saturated carbocycles. The van der Waals surface area contributed by atoms with Gasteiger partial charge in [-0.15, -0.1) is 0 Å². The molecule has 2 N–H and O–H groups in total. The van der Waals surface area contributed by atoms with Crippen LogP contribution in [0.2, 0.25) is 0 Å². The van der Waals surface area contributed by atoms with Crippen molar-refractivity contribution in [3.63, 3.8) is 0 Å². The molecule has 5 heteroatoms. The van der Waals surface area contributed by atoms with Gasteiger partial charge >= 0.3 is 0 Å². The first-order valence-corrected chi connectivity index (χ1v) is 9.28. The van der Waals surface area contributed by atoms with Crippen LogP contribution in [0.4, 0.5) is 0 Å². The van der Waals surface area contributed by atoms with Crippen molar-refractivity contribution in [2.45, 2.75) is 57.4 Å². The molecule has 21 heavy (non-hydrogen) atoms. The quantitative estimate of drug-likeness (QED) is 0.737. The van der Waals surface area contributed by atoms with Crippen LogP contribution in [0.15, 0.2) is 29.2 Å². The summed E-state index contributed by atoms with van der Waals surface area (Å²) in [6, 6.07) is 7.58. The summed E-state index contributed by atoms with van der Waals surface area (Å²) in [6.07, 6.45) is 1.75. The average Bonchev–Trinajstić information content (AvgIpc) is 2.50. The van der Waals surface area contributed by atoms with Crippen LogP contribution >= 0.6 is 0 Å². The van der Waals surface area contributed by atoms with Gasteiger partial charge in [-0.2, -0.15) is 0 Å². The van der Waals surface area contributed by atoms with Gasteiger partial charge in [0.05, 0.1) is 4.90 Å². The maximum atomic E-state index is 12.5. The van der Waals surface area contributed by atoms with Gasteiger partial charge < -0.3 is 5.32 Å². The molecule has 1 aromatic rings. The standard InChI is InChI=1S/C16H28N2O2S/c1-5-12-18-21(19,20)16-11-9-8-10-14(16)13(4)15(6-2)17-7-3/h8-11,13,15,17-18H,5-7,12H2,1-4H3. The molecule has 120 valence electrons. The summed E-state index contributed by atoms with van der Waals surface area (Å²) in [5, 5.41) is 3.44. The van der Waals surface area contributed by atoms with Crippen LogP contribution in [0.3, 0.4) is 0 Å². The van der Waals surface area contributed by atoms with Gasteiger partial charge in [-0.3, -0.25) is 0 Å². The molecule has 0 heterocycles. The Labute approximate surface area is 129 Å². The molecular weight excluding hydrogens is 284 g/mol. The molecule has 0 aliphatic heterocycles. The van der Waals surface area contributed by atoms with E-state index in [1.807, 2.05) is 19.1 Å². The summed E-state index contributed by atoms with van der Waals surface area (Å²) < 4.78 is 27.6. The lowest BCUT2D eigenvalue weighted by Crippen LogP contribution is -2.34. The van der Waals surface area contributed by atoms with Crippen LogP contribution < -0.4 is 10.0 Å². The Hall–Kier alpha value is -0.910. The van der Waals surface area contributed by atoms with Gasteiger partial charge in [0.2, 0.25) is 10.0 Å².